The normalized spacial score (nSPS) is 10.6. The maximum absolute atomic E-state index is 11.7. The molecule has 0 radical (unpaired) electrons. The average Bonchev–Trinajstić information content (AvgIpc) is 2.27. The zero-order valence-electron chi connectivity index (χ0n) is 9.89. The van der Waals surface area contributed by atoms with Crippen molar-refractivity contribution in [3.8, 4) is 0 Å². The number of amides is 1. The fourth-order valence-corrected chi connectivity index (χ4v) is 1.70. The summed E-state index contributed by atoms with van der Waals surface area (Å²) in [7, 11) is 0. The Morgan fingerprint density at radius 1 is 1.41 bits per heavy atom. The maximum atomic E-state index is 11.7. The Bertz CT molecular complexity index is 396. The number of carbonyl (C=O) groups is 1. The van der Waals surface area contributed by atoms with E-state index < -0.39 is 0 Å². The highest BCUT2D eigenvalue weighted by Gasteiger charge is 2.06. The predicted octanol–water partition coefficient (Wildman–Crippen LogP) is 2.83. The van der Waals surface area contributed by atoms with E-state index in [1.54, 1.807) is 18.2 Å². The van der Waals surface area contributed by atoms with Crippen LogP contribution in [-0.4, -0.2) is 25.0 Å². The first-order valence-corrected chi connectivity index (χ1v) is 6.64. The molecule has 0 spiro atoms. The average molecular weight is 320 g/mol. The Morgan fingerprint density at radius 2 is 2.12 bits per heavy atom. The van der Waals surface area contributed by atoms with Crippen LogP contribution in [0.3, 0.4) is 0 Å². The molecule has 0 saturated carbocycles. The first-order valence-electron chi connectivity index (χ1n) is 5.47. The van der Waals surface area contributed by atoms with Gasteiger partial charge in [0.05, 0.1) is 5.02 Å². The second-order valence-electron chi connectivity index (χ2n) is 3.99. The Hall–Kier alpha value is -0.580. The van der Waals surface area contributed by atoms with E-state index in [0.717, 1.165) is 11.0 Å². The van der Waals surface area contributed by atoms with Gasteiger partial charge in [0.15, 0.2) is 0 Å². The van der Waals surface area contributed by atoms with Gasteiger partial charge < -0.3 is 10.6 Å². The zero-order chi connectivity index (χ0) is 12.8. The summed E-state index contributed by atoms with van der Waals surface area (Å²) in [6.07, 6.45) is 0. The van der Waals surface area contributed by atoms with Gasteiger partial charge in [0, 0.05) is 29.2 Å². The SMILES string of the molecule is CC(C)NCCNC(=O)c1ccc(Br)c(Cl)c1. The van der Waals surface area contributed by atoms with Crippen LogP contribution < -0.4 is 10.6 Å². The number of nitrogens with one attached hydrogen (secondary N) is 2. The lowest BCUT2D eigenvalue weighted by Gasteiger charge is -2.09. The zero-order valence-corrected chi connectivity index (χ0v) is 12.2. The summed E-state index contributed by atoms with van der Waals surface area (Å²) in [5.41, 5.74) is 0.572. The molecule has 0 aliphatic carbocycles. The van der Waals surface area contributed by atoms with Gasteiger partial charge in [-0.1, -0.05) is 25.4 Å². The Labute approximate surface area is 115 Å². The Morgan fingerprint density at radius 3 is 2.71 bits per heavy atom. The first-order chi connectivity index (χ1) is 8.00. The summed E-state index contributed by atoms with van der Waals surface area (Å²) in [5.74, 6) is -0.107. The van der Waals surface area contributed by atoms with Crippen molar-refractivity contribution in [2.45, 2.75) is 19.9 Å². The molecule has 0 atom stereocenters. The summed E-state index contributed by atoms with van der Waals surface area (Å²) in [6, 6.07) is 5.58. The van der Waals surface area contributed by atoms with Crippen molar-refractivity contribution in [1.29, 1.82) is 0 Å². The minimum absolute atomic E-state index is 0.107. The van der Waals surface area contributed by atoms with E-state index in [2.05, 4.69) is 40.4 Å². The highest BCUT2D eigenvalue weighted by molar-refractivity contribution is 9.10. The molecule has 1 aromatic carbocycles. The van der Waals surface area contributed by atoms with Crippen LogP contribution in [0.5, 0.6) is 0 Å². The molecule has 0 bridgehead atoms. The third-order valence-electron chi connectivity index (χ3n) is 2.14. The van der Waals surface area contributed by atoms with Crippen molar-refractivity contribution < 1.29 is 4.79 Å². The molecule has 0 aromatic heterocycles. The molecule has 3 nitrogen and oxygen atoms in total. The smallest absolute Gasteiger partial charge is 0.251 e. The van der Waals surface area contributed by atoms with Crippen molar-refractivity contribution in [3.05, 3.63) is 33.3 Å². The monoisotopic (exact) mass is 318 g/mol. The Balaban J connectivity index is 2.44. The minimum Gasteiger partial charge on any atom is -0.351 e. The van der Waals surface area contributed by atoms with E-state index in [9.17, 15) is 4.79 Å². The molecule has 0 fully saturated rings. The van der Waals surface area contributed by atoms with Crippen molar-refractivity contribution >= 4 is 33.4 Å². The number of halogens is 2. The van der Waals surface area contributed by atoms with E-state index in [-0.39, 0.29) is 5.91 Å². The van der Waals surface area contributed by atoms with Crippen LogP contribution in [0.25, 0.3) is 0 Å². The van der Waals surface area contributed by atoms with Crippen molar-refractivity contribution in [2.75, 3.05) is 13.1 Å². The first kappa shape index (κ1) is 14.5. The summed E-state index contributed by atoms with van der Waals surface area (Å²) < 4.78 is 0.789. The second kappa shape index (κ2) is 6.99. The molecule has 94 valence electrons. The van der Waals surface area contributed by atoms with Crippen LogP contribution in [-0.2, 0) is 0 Å². The highest BCUT2D eigenvalue weighted by atomic mass is 79.9. The van der Waals surface area contributed by atoms with Gasteiger partial charge in [0.1, 0.15) is 0 Å². The van der Waals surface area contributed by atoms with Crippen LogP contribution in [0, 0.1) is 0 Å². The van der Waals surface area contributed by atoms with Crippen molar-refractivity contribution in [3.63, 3.8) is 0 Å². The summed E-state index contributed by atoms with van der Waals surface area (Å²) in [4.78, 5) is 11.7. The number of benzene rings is 1. The van der Waals surface area contributed by atoms with Crippen LogP contribution in [0.2, 0.25) is 5.02 Å². The lowest BCUT2D eigenvalue weighted by Crippen LogP contribution is -2.34. The fraction of sp³-hybridized carbons (Fsp3) is 0.417. The van der Waals surface area contributed by atoms with Crippen LogP contribution in [0.15, 0.2) is 22.7 Å². The standard InChI is InChI=1S/C12H16BrClN2O/c1-8(2)15-5-6-16-12(17)9-3-4-10(13)11(14)7-9/h3-4,7-8,15H,5-6H2,1-2H3,(H,16,17). The molecule has 5 heteroatoms. The molecule has 0 heterocycles. The molecule has 0 saturated heterocycles. The lowest BCUT2D eigenvalue weighted by molar-refractivity contribution is 0.0953. The molecule has 1 rings (SSSR count). The van der Waals surface area contributed by atoms with Crippen LogP contribution in [0.4, 0.5) is 0 Å². The van der Waals surface area contributed by atoms with E-state index in [1.807, 2.05) is 0 Å². The third-order valence-corrected chi connectivity index (χ3v) is 3.38. The van der Waals surface area contributed by atoms with Gasteiger partial charge in [-0.2, -0.15) is 0 Å². The van der Waals surface area contributed by atoms with Gasteiger partial charge >= 0.3 is 0 Å². The van der Waals surface area contributed by atoms with Gasteiger partial charge in [0.25, 0.3) is 5.91 Å². The maximum Gasteiger partial charge on any atom is 0.251 e. The minimum atomic E-state index is -0.107. The number of carbonyl (C=O) groups excluding carboxylic acids is 1. The van der Waals surface area contributed by atoms with E-state index in [4.69, 9.17) is 11.6 Å². The molecule has 0 unspecified atom stereocenters. The second-order valence-corrected chi connectivity index (χ2v) is 5.26. The Kier molecular flexibility index (Phi) is 5.95. The van der Waals surface area contributed by atoms with E-state index >= 15 is 0 Å². The van der Waals surface area contributed by atoms with Gasteiger partial charge in [-0.15, -0.1) is 0 Å². The third kappa shape index (κ3) is 5.06. The number of hydrogen-bond donors (Lipinski definition) is 2. The van der Waals surface area contributed by atoms with Crippen molar-refractivity contribution in [1.82, 2.24) is 10.6 Å². The van der Waals surface area contributed by atoms with Gasteiger partial charge in [0.2, 0.25) is 0 Å². The summed E-state index contributed by atoms with van der Waals surface area (Å²) in [5, 5.41) is 6.59. The van der Waals surface area contributed by atoms with Crippen LogP contribution >= 0.6 is 27.5 Å². The molecule has 2 N–H and O–H groups in total. The van der Waals surface area contributed by atoms with Crippen LogP contribution in [0.1, 0.15) is 24.2 Å². The molecular weight excluding hydrogens is 304 g/mol. The molecule has 0 aliphatic heterocycles. The molecular formula is C12H16BrClN2O. The summed E-state index contributed by atoms with van der Waals surface area (Å²) >= 11 is 9.21. The predicted molar refractivity (Wildman–Crippen MR) is 74.6 cm³/mol. The molecule has 17 heavy (non-hydrogen) atoms. The largest absolute Gasteiger partial charge is 0.351 e. The lowest BCUT2D eigenvalue weighted by atomic mass is 10.2. The molecule has 0 aliphatic rings. The number of rotatable bonds is 5. The van der Waals surface area contributed by atoms with Gasteiger partial charge in [-0.05, 0) is 34.1 Å². The van der Waals surface area contributed by atoms with E-state index in [1.165, 1.54) is 0 Å². The quantitative estimate of drug-likeness (QED) is 0.819. The summed E-state index contributed by atoms with van der Waals surface area (Å²) in [6.45, 7) is 5.49. The fourth-order valence-electron chi connectivity index (χ4n) is 1.28. The highest BCUT2D eigenvalue weighted by Crippen LogP contribution is 2.22. The van der Waals surface area contributed by atoms with Crippen molar-refractivity contribution in [2.24, 2.45) is 0 Å². The van der Waals surface area contributed by atoms with Gasteiger partial charge in [-0.3, -0.25) is 4.79 Å². The van der Waals surface area contributed by atoms with Gasteiger partial charge in [-0.25, -0.2) is 0 Å². The molecule has 1 aromatic rings. The number of hydrogen-bond acceptors (Lipinski definition) is 2. The molecule has 1 amide bonds. The van der Waals surface area contributed by atoms with E-state index in [0.29, 0.717) is 23.2 Å². The topological polar surface area (TPSA) is 41.1 Å².